The monoisotopic (exact) mass is 433 g/mol. The number of phenolic OH excluding ortho intramolecular Hbond substituents is 1. The van der Waals surface area contributed by atoms with Gasteiger partial charge in [0.05, 0.1) is 5.69 Å². The Hall–Kier alpha value is -2.52. The first-order valence-electron chi connectivity index (χ1n) is 10.3. The summed E-state index contributed by atoms with van der Waals surface area (Å²) in [6, 6.07) is 22.6. The summed E-state index contributed by atoms with van der Waals surface area (Å²) in [5.74, 6) is 0.312. The molecule has 0 aromatic heterocycles. The van der Waals surface area contributed by atoms with Crippen LogP contribution >= 0.6 is 11.8 Å². The molecule has 3 rings (SSSR count). The minimum atomic E-state index is -0.158. The number of benzene rings is 3. The summed E-state index contributed by atoms with van der Waals surface area (Å²) in [6.45, 7) is 13.0. The highest BCUT2D eigenvalue weighted by molar-refractivity contribution is 7.99. The van der Waals surface area contributed by atoms with Gasteiger partial charge in [0, 0.05) is 27.1 Å². The van der Waals surface area contributed by atoms with Gasteiger partial charge in [-0.05, 0) is 46.7 Å². The first-order valence-corrected chi connectivity index (χ1v) is 11.1. The van der Waals surface area contributed by atoms with Gasteiger partial charge in [-0.25, -0.2) is 0 Å². The highest BCUT2D eigenvalue weighted by Crippen LogP contribution is 2.38. The molecule has 0 unspecified atom stereocenters. The molecule has 2 nitrogen and oxygen atoms in total. The number of hydrogen-bond acceptors (Lipinski definition) is 3. The van der Waals surface area contributed by atoms with Gasteiger partial charge in [0.2, 0.25) is 0 Å². The third kappa shape index (κ3) is 6.24. The second-order valence-corrected chi connectivity index (χ2v) is 10.7. The lowest BCUT2D eigenvalue weighted by atomic mass is 9.79. The molecule has 0 atom stereocenters. The zero-order chi connectivity index (χ0) is 21.9. The zero-order valence-electron chi connectivity index (χ0n) is 18.7. The molecular formula is C28H35NOS. The first kappa shape index (κ1) is 24.7. The Kier molecular flexibility index (Phi) is 7.77. The second-order valence-electron chi connectivity index (χ2n) is 9.60. The van der Waals surface area contributed by atoms with E-state index in [0.29, 0.717) is 5.75 Å². The van der Waals surface area contributed by atoms with Gasteiger partial charge in [0.25, 0.3) is 0 Å². The highest BCUT2D eigenvalue weighted by Gasteiger charge is 2.24. The Balaban J connectivity index is 0.00000341. The smallest absolute Gasteiger partial charge is 0.128 e. The first-order chi connectivity index (χ1) is 14.1. The van der Waals surface area contributed by atoms with Crippen molar-refractivity contribution in [2.45, 2.75) is 69.6 Å². The van der Waals surface area contributed by atoms with Crippen molar-refractivity contribution in [3.8, 4) is 5.75 Å². The molecule has 0 bridgehead atoms. The van der Waals surface area contributed by atoms with E-state index in [2.05, 4.69) is 71.9 Å². The fourth-order valence-electron chi connectivity index (χ4n) is 3.16. The summed E-state index contributed by atoms with van der Waals surface area (Å²) in [5, 5.41) is 11.0. The van der Waals surface area contributed by atoms with Crippen LogP contribution in [-0.4, -0.2) is 11.3 Å². The number of para-hydroxylation sites is 1. The Morgan fingerprint density at radius 2 is 1.42 bits per heavy atom. The lowest BCUT2D eigenvalue weighted by Gasteiger charge is -2.27. The fraction of sp³-hybridized carbons (Fsp3) is 0.321. The van der Waals surface area contributed by atoms with Crippen molar-refractivity contribution in [2.24, 2.45) is 4.99 Å². The van der Waals surface area contributed by atoms with Crippen molar-refractivity contribution >= 4 is 23.7 Å². The predicted molar refractivity (Wildman–Crippen MR) is 136 cm³/mol. The van der Waals surface area contributed by atoms with Gasteiger partial charge < -0.3 is 5.11 Å². The fourth-order valence-corrected chi connectivity index (χ4v) is 4.08. The second kappa shape index (κ2) is 9.74. The van der Waals surface area contributed by atoms with Gasteiger partial charge in [-0.15, -0.1) is 0 Å². The van der Waals surface area contributed by atoms with Crippen LogP contribution in [0.2, 0.25) is 0 Å². The molecule has 0 amide bonds. The van der Waals surface area contributed by atoms with E-state index in [0.717, 1.165) is 21.7 Å². The number of aromatic hydroxyl groups is 1. The maximum absolute atomic E-state index is 11.0. The molecule has 0 heterocycles. The van der Waals surface area contributed by atoms with E-state index >= 15 is 0 Å². The van der Waals surface area contributed by atoms with Crippen LogP contribution in [-0.2, 0) is 10.8 Å². The molecule has 3 heteroatoms. The molecule has 0 radical (unpaired) electrons. The van der Waals surface area contributed by atoms with Gasteiger partial charge >= 0.3 is 0 Å². The van der Waals surface area contributed by atoms with Crippen molar-refractivity contribution in [1.82, 2.24) is 0 Å². The third-order valence-corrected chi connectivity index (χ3v) is 6.07. The van der Waals surface area contributed by atoms with E-state index in [1.165, 1.54) is 10.5 Å². The van der Waals surface area contributed by atoms with Crippen molar-refractivity contribution in [2.75, 3.05) is 0 Å². The molecule has 0 aliphatic carbocycles. The maximum atomic E-state index is 11.0. The van der Waals surface area contributed by atoms with Crippen molar-refractivity contribution in [3.63, 3.8) is 0 Å². The molecule has 0 spiro atoms. The van der Waals surface area contributed by atoms with Gasteiger partial charge in [-0.2, -0.15) is 0 Å². The van der Waals surface area contributed by atoms with Gasteiger partial charge in [-0.1, -0.05) is 97.1 Å². The summed E-state index contributed by atoms with van der Waals surface area (Å²) < 4.78 is 0. The van der Waals surface area contributed by atoms with Crippen molar-refractivity contribution in [1.29, 1.82) is 0 Å². The topological polar surface area (TPSA) is 32.6 Å². The molecule has 0 aliphatic heterocycles. The van der Waals surface area contributed by atoms with Crippen molar-refractivity contribution in [3.05, 3.63) is 83.4 Å². The van der Waals surface area contributed by atoms with E-state index in [1.807, 2.05) is 36.4 Å². The van der Waals surface area contributed by atoms with Gasteiger partial charge in [0.1, 0.15) is 5.75 Å². The number of hydrogen-bond donors (Lipinski definition) is 1. The van der Waals surface area contributed by atoms with E-state index in [4.69, 9.17) is 4.99 Å². The van der Waals surface area contributed by atoms with Crippen LogP contribution in [0.3, 0.4) is 0 Å². The number of nitrogens with zero attached hydrogens (tertiary/aromatic N) is 1. The van der Waals surface area contributed by atoms with E-state index in [-0.39, 0.29) is 18.3 Å². The number of phenols is 1. The molecule has 3 aromatic carbocycles. The molecule has 0 saturated carbocycles. The summed E-state index contributed by atoms with van der Waals surface area (Å²) in [7, 11) is 0. The van der Waals surface area contributed by atoms with Gasteiger partial charge in [0.15, 0.2) is 0 Å². The lowest BCUT2D eigenvalue weighted by Crippen LogP contribution is -2.17. The standard InChI is InChI=1S/C27H31NOS.CH4/c1-26(2,3)20-16-19(25(29)22(17-20)27(4,5)6)18-28-23-14-10-11-15-24(23)30-21-12-8-7-9-13-21;/h7-18,29H,1-6H3;1H4. The minimum Gasteiger partial charge on any atom is -0.507 e. The Labute approximate surface area is 192 Å². The van der Waals surface area contributed by atoms with E-state index in [9.17, 15) is 5.11 Å². The predicted octanol–water partition coefficient (Wildman–Crippen LogP) is 8.53. The van der Waals surface area contributed by atoms with Crippen LogP contribution in [0.25, 0.3) is 0 Å². The molecule has 0 fully saturated rings. The zero-order valence-corrected chi connectivity index (χ0v) is 19.5. The summed E-state index contributed by atoms with van der Waals surface area (Å²) in [5.41, 5.74) is 3.62. The molecule has 0 saturated heterocycles. The SMILES string of the molecule is C.CC(C)(C)c1cc(C=Nc2ccccc2Sc2ccccc2)c(O)c(C(C)(C)C)c1. The van der Waals surface area contributed by atoms with Crippen LogP contribution in [0.4, 0.5) is 5.69 Å². The minimum absolute atomic E-state index is 0. The Bertz CT molecular complexity index is 1040. The van der Waals surface area contributed by atoms with Crippen LogP contribution in [0, 0.1) is 0 Å². The Morgan fingerprint density at radius 1 is 0.806 bits per heavy atom. The van der Waals surface area contributed by atoms with Gasteiger partial charge in [-0.3, -0.25) is 4.99 Å². The van der Waals surface area contributed by atoms with Crippen molar-refractivity contribution < 1.29 is 5.11 Å². The maximum Gasteiger partial charge on any atom is 0.128 e. The molecule has 3 aromatic rings. The largest absolute Gasteiger partial charge is 0.507 e. The highest BCUT2D eigenvalue weighted by atomic mass is 32.2. The summed E-state index contributed by atoms with van der Waals surface area (Å²) in [6.07, 6.45) is 1.80. The molecular weight excluding hydrogens is 398 g/mol. The molecule has 1 N–H and O–H groups in total. The van der Waals surface area contributed by atoms with E-state index in [1.54, 1.807) is 18.0 Å². The van der Waals surface area contributed by atoms with Crippen LogP contribution < -0.4 is 0 Å². The molecule has 31 heavy (non-hydrogen) atoms. The Morgan fingerprint density at radius 3 is 2.03 bits per heavy atom. The lowest BCUT2D eigenvalue weighted by molar-refractivity contribution is 0.444. The third-order valence-electron chi connectivity index (χ3n) is 4.99. The van der Waals surface area contributed by atoms with Crippen LogP contribution in [0.5, 0.6) is 5.75 Å². The summed E-state index contributed by atoms with van der Waals surface area (Å²) >= 11 is 1.69. The van der Waals surface area contributed by atoms with E-state index < -0.39 is 0 Å². The molecule has 0 aliphatic rings. The van der Waals surface area contributed by atoms with Crippen LogP contribution in [0.1, 0.15) is 65.7 Å². The average Bonchev–Trinajstić information content (AvgIpc) is 2.67. The number of rotatable bonds is 4. The quantitative estimate of drug-likeness (QED) is 0.418. The molecule has 164 valence electrons. The normalized spacial score (nSPS) is 12.1. The van der Waals surface area contributed by atoms with Crippen LogP contribution in [0.15, 0.2) is 81.5 Å². The average molecular weight is 434 g/mol. The number of aliphatic imine (C=N–C) groups is 1. The summed E-state index contributed by atoms with van der Waals surface area (Å²) in [4.78, 5) is 7.03.